The summed E-state index contributed by atoms with van der Waals surface area (Å²) in [6.07, 6.45) is -3.24. The lowest BCUT2D eigenvalue weighted by molar-refractivity contribution is -0.186. The molecule has 0 aliphatic heterocycles. The number of rotatable bonds is 7. The summed E-state index contributed by atoms with van der Waals surface area (Å²) in [6.45, 7) is 1.27. The first-order valence-electron chi connectivity index (χ1n) is 9.96. The fourth-order valence-corrected chi connectivity index (χ4v) is 3.75. The van der Waals surface area contributed by atoms with E-state index in [1.807, 2.05) is 54.6 Å². The average Bonchev–Trinajstić information content (AvgIpc) is 2.73. The van der Waals surface area contributed by atoms with E-state index in [-0.39, 0.29) is 18.7 Å². The van der Waals surface area contributed by atoms with E-state index in [0.717, 1.165) is 16.7 Å². The van der Waals surface area contributed by atoms with Crippen molar-refractivity contribution in [2.45, 2.75) is 51.6 Å². The van der Waals surface area contributed by atoms with Crippen LogP contribution < -0.4 is 5.32 Å². The first-order chi connectivity index (χ1) is 13.9. The molecule has 1 amide bonds. The van der Waals surface area contributed by atoms with Crippen molar-refractivity contribution >= 4 is 5.91 Å². The Balaban J connectivity index is 1.46. The zero-order valence-corrected chi connectivity index (χ0v) is 16.3. The fourth-order valence-electron chi connectivity index (χ4n) is 3.75. The summed E-state index contributed by atoms with van der Waals surface area (Å²) >= 11 is 0. The first kappa shape index (κ1) is 21.4. The van der Waals surface area contributed by atoms with Gasteiger partial charge in [-0.3, -0.25) is 4.79 Å². The number of nitrogens with one attached hydrogen (secondary N) is 1. The van der Waals surface area contributed by atoms with Gasteiger partial charge in [0.15, 0.2) is 0 Å². The van der Waals surface area contributed by atoms with E-state index in [2.05, 4.69) is 5.32 Å². The van der Waals surface area contributed by atoms with Gasteiger partial charge in [-0.2, -0.15) is 13.2 Å². The van der Waals surface area contributed by atoms with Crippen molar-refractivity contribution < 1.29 is 22.7 Å². The Morgan fingerprint density at radius 1 is 0.966 bits per heavy atom. The summed E-state index contributed by atoms with van der Waals surface area (Å²) in [5, 5.41) is 2.80. The van der Waals surface area contributed by atoms with Crippen molar-refractivity contribution in [3.63, 3.8) is 0 Å². The monoisotopic (exact) mass is 405 g/mol. The highest BCUT2D eigenvalue weighted by atomic mass is 19.4. The molecular weight excluding hydrogens is 379 g/mol. The maximum atomic E-state index is 12.9. The number of amides is 1. The standard InChI is InChI=1S/C23H26F3NO2/c24-23(25,26)21-11-5-10-20(13-21)22(28)27-14-18-8-4-9-19(12-18)16-29-15-17-6-2-1-3-7-17/h1-4,6-9,12,20-21H,5,10-11,13-16H2,(H,27,28)/t20-,21+/m0/s1. The molecular formula is C23H26F3NO2. The Labute approximate surface area is 169 Å². The van der Waals surface area contributed by atoms with Gasteiger partial charge >= 0.3 is 6.18 Å². The Morgan fingerprint density at radius 2 is 1.66 bits per heavy atom. The summed E-state index contributed by atoms with van der Waals surface area (Å²) in [6, 6.07) is 17.6. The molecule has 0 saturated heterocycles. The van der Waals surface area contributed by atoms with E-state index < -0.39 is 18.0 Å². The summed E-state index contributed by atoms with van der Waals surface area (Å²) in [4.78, 5) is 12.4. The van der Waals surface area contributed by atoms with Gasteiger partial charge < -0.3 is 10.1 Å². The summed E-state index contributed by atoms with van der Waals surface area (Å²) < 4.78 is 44.6. The molecule has 1 fully saturated rings. The second-order valence-electron chi connectivity index (χ2n) is 7.62. The quantitative estimate of drug-likeness (QED) is 0.671. The second-order valence-corrected chi connectivity index (χ2v) is 7.62. The van der Waals surface area contributed by atoms with Gasteiger partial charge in [-0.05, 0) is 36.0 Å². The zero-order chi connectivity index (χ0) is 20.7. The van der Waals surface area contributed by atoms with Gasteiger partial charge in [0, 0.05) is 12.5 Å². The van der Waals surface area contributed by atoms with Crippen LogP contribution in [0.3, 0.4) is 0 Å². The van der Waals surface area contributed by atoms with Crippen LogP contribution in [0.4, 0.5) is 13.2 Å². The van der Waals surface area contributed by atoms with E-state index in [9.17, 15) is 18.0 Å². The van der Waals surface area contributed by atoms with E-state index in [4.69, 9.17) is 4.74 Å². The van der Waals surface area contributed by atoms with Crippen LogP contribution in [0, 0.1) is 11.8 Å². The number of hydrogen-bond acceptors (Lipinski definition) is 2. The number of alkyl halides is 3. The lowest BCUT2D eigenvalue weighted by Crippen LogP contribution is -2.37. The predicted molar refractivity (Wildman–Crippen MR) is 105 cm³/mol. The topological polar surface area (TPSA) is 38.3 Å². The third-order valence-electron chi connectivity index (χ3n) is 5.35. The number of ether oxygens (including phenoxy) is 1. The molecule has 2 atom stereocenters. The van der Waals surface area contributed by atoms with Crippen molar-refractivity contribution in [1.82, 2.24) is 5.32 Å². The van der Waals surface area contributed by atoms with Gasteiger partial charge in [-0.25, -0.2) is 0 Å². The van der Waals surface area contributed by atoms with Gasteiger partial charge in [0.2, 0.25) is 5.91 Å². The third-order valence-corrected chi connectivity index (χ3v) is 5.35. The normalized spacial score (nSPS) is 19.7. The zero-order valence-electron chi connectivity index (χ0n) is 16.3. The average molecular weight is 405 g/mol. The maximum Gasteiger partial charge on any atom is 0.391 e. The maximum absolute atomic E-state index is 12.9. The van der Waals surface area contributed by atoms with Gasteiger partial charge in [-0.1, -0.05) is 61.0 Å². The molecule has 1 aliphatic rings. The molecule has 29 heavy (non-hydrogen) atoms. The van der Waals surface area contributed by atoms with Crippen molar-refractivity contribution in [2.75, 3.05) is 0 Å². The molecule has 1 N–H and O–H groups in total. The fraction of sp³-hybridized carbons (Fsp3) is 0.435. The Kier molecular flexibility index (Phi) is 7.31. The highest BCUT2D eigenvalue weighted by Crippen LogP contribution is 2.39. The Bertz CT molecular complexity index is 792. The van der Waals surface area contributed by atoms with Crippen molar-refractivity contribution in [3.05, 3.63) is 71.3 Å². The van der Waals surface area contributed by atoms with Crippen LogP contribution in [0.25, 0.3) is 0 Å². The minimum absolute atomic E-state index is 0.108. The van der Waals surface area contributed by atoms with Crippen molar-refractivity contribution in [2.24, 2.45) is 11.8 Å². The molecule has 0 bridgehead atoms. The summed E-state index contributed by atoms with van der Waals surface area (Å²) in [5.41, 5.74) is 2.99. The van der Waals surface area contributed by atoms with E-state index >= 15 is 0 Å². The van der Waals surface area contributed by atoms with E-state index in [1.54, 1.807) is 0 Å². The second kappa shape index (κ2) is 9.92. The number of hydrogen-bond donors (Lipinski definition) is 1. The summed E-state index contributed by atoms with van der Waals surface area (Å²) in [5.74, 6) is -2.21. The number of carbonyl (C=O) groups is 1. The molecule has 0 unspecified atom stereocenters. The Morgan fingerprint density at radius 3 is 2.41 bits per heavy atom. The molecule has 0 spiro atoms. The largest absolute Gasteiger partial charge is 0.391 e. The van der Waals surface area contributed by atoms with Crippen LogP contribution in [0.1, 0.15) is 42.4 Å². The van der Waals surface area contributed by atoms with Crippen LogP contribution >= 0.6 is 0 Å². The molecule has 3 rings (SSSR count). The highest BCUT2D eigenvalue weighted by Gasteiger charge is 2.43. The molecule has 2 aromatic carbocycles. The third kappa shape index (κ3) is 6.60. The minimum atomic E-state index is -4.22. The molecule has 6 heteroatoms. The molecule has 2 aromatic rings. The summed E-state index contributed by atoms with van der Waals surface area (Å²) in [7, 11) is 0. The Hall–Kier alpha value is -2.34. The lowest BCUT2D eigenvalue weighted by Gasteiger charge is -2.29. The van der Waals surface area contributed by atoms with Gasteiger partial charge in [0.1, 0.15) is 0 Å². The molecule has 156 valence electrons. The lowest BCUT2D eigenvalue weighted by atomic mass is 9.80. The predicted octanol–water partition coefficient (Wildman–Crippen LogP) is 5.39. The van der Waals surface area contributed by atoms with Crippen LogP contribution in [0.15, 0.2) is 54.6 Å². The van der Waals surface area contributed by atoms with Gasteiger partial charge in [-0.15, -0.1) is 0 Å². The van der Waals surface area contributed by atoms with E-state index in [0.29, 0.717) is 32.6 Å². The van der Waals surface area contributed by atoms with E-state index in [1.165, 1.54) is 0 Å². The molecule has 0 heterocycles. The van der Waals surface area contributed by atoms with Crippen LogP contribution in [-0.2, 0) is 29.3 Å². The molecule has 0 aromatic heterocycles. The number of carbonyl (C=O) groups excluding carboxylic acids is 1. The van der Waals surface area contributed by atoms with Crippen molar-refractivity contribution in [3.8, 4) is 0 Å². The van der Waals surface area contributed by atoms with Gasteiger partial charge in [0.05, 0.1) is 19.1 Å². The smallest absolute Gasteiger partial charge is 0.372 e. The molecule has 0 radical (unpaired) electrons. The van der Waals surface area contributed by atoms with Crippen LogP contribution in [-0.4, -0.2) is 12.1 Å². The number of halogens is 3. The molecule has 3 nitrogen and oxygen atoms in total. The first-order valence-corrected chi connectivity index (χ1v) is 9.96. The molecule has 1 aliphatic carbocycles. The molecule has 1 saturated carbocycles. The van der Waals surface area contributed by atoms with Crippen LogP contribution in [0.5, 0.6) is 0 Å². The van der Waals surface area contributed by atoms with Crippen molar-refractivity contribution in [1.29, 1.82) is 0 Å². The van der Waals surface area contributed by atoms with Gasteiger partial charge in [0.25, 0.3) is 0 Å². The van der Waals surface area contributed by atoms with Crippen LogP contribution in [0.2, 0.25) is 0 Å². The minimum Gasteiger partial charge on any atom is -0.372 e. The number of benzene rings is 2. The highest BCUT2D eigenvalue weighted by molar-refractivity contribution is 5.78. The SMILES string of the molecule is O=C(NCc1cccc(COCc2ccccc2)c1)[C@H]1CCC[C@@H](C(F)(F)F)C1.